The largest absolute Gasteiger partial charge is 0.294 e. The van der Waals surface area contributed by atoms with E-state index in [9.17, 15) is 4.79 Å². The van der Waals surface area contributed by atoms with Gasteiger partial charge in [-0.25, -0.2) is 9.67 Å². The zero-order valence-electron chi connectivity index (χ0n) is 16.3. The van der Waals surface area contributed by atoms with Crippen molar-refractivity contribution in [3.8, 4) is 5.13 Å². The summed E-state index contributed by atoms with van der Waals surface area (Å²) in [6, 6.07) is 16.8. The van der Waals surface area contributed by atoms with Gasteiger partial charge in [-0.05, 0) is 61.3 Å². The smallest absolute Gasteiger partial charge is 0.211 e. The molecule has 4 aromatic rings. The normalized spacial score (nSPS) is 16.1. The molecule has 0 saturated heterocycles. The zero-order valence-corrected chi connectivity index (χ0v) is 17.1. The number of hydrogen-bond acceptors (Lipinski definition) is 4. The van der Waals surface area contributed by atoms with Gasteiger partial charge in [0, 0.05) is 12.6 Å². The fraction of sp³-hybridized carbons (Fsp3) is 0.292. The molecule has 0 saturated carbocycles. The van der Waals surface area contributed by atoms with Crippen molar-refractivity contribution in [1.82, 2.24) is 14.8 Å². The van der Waals surface area contributed by atoms with Crippen molar-refractivity contribution in [3.05, 3.63) is 77.6 Å². The molecule has 5 rings (SSSR count). The van der Waals surface area contributed by atoms with Gasteiger partial charge in [0.15, 0.2) is 5.78 Å². The summed E-state index contributed by atoms with van der Waals surface area (Å²) in [5.74, 6) is 0.764. The predicted molar refractivity (Wildman–Crippen MR) is 117 cm³/mol. The van der Waals surface area contributed by atoms with Gasteiger partial charge >= 0.3 is 0 Å². The SMILES string of the molecule is O=C(CCC[C@@H]1CCCc2ccccc21)c1cnn(-c2nc3ccccc3s2)c1. The van der Waals surface area contributed by atoms with Crippen LogP contribution in [0.1, 0.15) is 59.5 Å². The molecule has 0 aliphatic heterocycles. The summed E-state index contributed by atoms with van der Waals surface area (Å²) in [6.45, 7) is 0. The Labute approximate surface area is 174 Å². The Morgan fingerprint density at radius 1 is 1.14 bits per heavy atom. The van der Waals surface area contributed by atoms with Crippen LogP contribution in [0, 0.1) is 0 Å². The van der Waals surface area contributed by atoms with E-state index in [-0.39, 0.29) is 5.78 Å². The second kappa shape index (κ2) is 7.91. The molecular formula is C24H23N3OS. The molecule has 1 aliphatic carbocycles. The number of carbonyl (C=O) groups is 1. The van der Waals surface area contributed by atoms with E-state index in [0.717, 1.165) is 28.2 Å². The fourth-order valence-corrected chi connectivity index (χ4v) is 5.24. The van der Waals surface area contributed by atoms with Crippen LogP contribution in [-0.4, -0.2) is 20.5 Å². The number of rotatable bonds is 6. The second-order valence-corrected chi connectivity index (χ2v) is 8.75. The number of thiazole rings is 1. The van der Waals surface area contributed by atoms with Crippen LogP contribution < -0.4 is 0 Å². The molecule has 0 radical (unpaired) electrons. The van der Waals surface area contributed by atoms with Gasteiger partial charge in [0.05, 0.1) is 22.0 Å². The van der Waals surface area contributed by atoms with Crippen molar-refractivity contribution < 1.29 is 4.79 Å². The Morgan fingerprint density at radius 2 is 2.00 bits per heavy atom. The maximum atomic E-state index is 12.7. The first kappa shape index (κ1) is 18.3. The summed E-state index contributed by atoms with van der Waals surface area (Å²) in [7, 11) is 0. The molecule has 4 nitrogen and oxygen atoms in total. The van der Waals surface area contributed by atoms with Crippen LogP contribution in [0.15, 0.2) is 60.9 Å². The van der Waals surface area contributed by atoms with E-state index in [0.29, 0.717) is 17.9 Å². The summed E-state index contributed by atoms with van der Waals surface area (Å²) >= 11 is 1.58. The minimum Gasteiger partial charge on any atom is -0.294 e. The summed E-state index contributed by atoms with van der Waals surface area (Å²) in [6.07, 6.45) is 9.74. The van der Waals surface area contributed by atoms with Crippen LogP contribution in [-0.2, 0) is 6.42 Å². The van der Waals surface area contributed by atoms with E-state index in [1.165, 1.54) is 30.4 Å². The van der Waals surface area contributed by atoms with Gasteiger partial charge in [-0.3, -0.25) is 4.79 Å². The lowest BCUT2D eigenvalue weighted by molar-refractivity contribution is 0.0978. The van der Waals surface area contributed by atoms with Gasteiger partial charge in [0.25, 0.3) is 0 Å². The highest BCUT2D eigenvalue weighted by Gasteiger charge is 2.20. The molecule has 2 heterocycles. The molecule has 1 aliphatic rings. The number of hydrogen-bond donors (Lipinski definition) is 0. The molecule has 1 atom stereocenters. The molecule has 0 amide bonds. The van der Waals surface area contributed by atoms with Crippen molar-refractivity contribution >= 4 is 27.3 Å². The molecule has 2 aromatic heterocycles. The summed E-state index contributed by atoms with van der Waals surface area (Å²) in [4.78, 5) is 17.3. The van der Waals surface area contributed by atoms with E-state index in [1.807, 2.05) is 24.4 Å². The van der Waals surface area contributed by atoms with Crippen LogP contribution in [0.25, 0.3) is 15.3 Å². The van der Waals surface area contributed by atoms with Crippen LogP contribution in [0.5, 0.6) is 0 Å². The minimum absolute atomic E-state index is 0.168. The highest BCUT2D eigenvalue weighted by atomic mass is 32.1. The third kappa shape index (κ3) is 3.75. The topological polar surface area (TPSA) is 47.8 Å². The second-order valence-electron chi connectivity index (χ2n) is 7.74. The van der Waals surface area contributed by atoms with Crippen LogP contribution in [0.4, 0.5) is 0 Å². The number of ketones is 1. The average Bonchev–Trinajstić information content (AvgIpc) is 3.41. The Kier molecular flexibility index (Phi) is 4.98. The molecule has 0 unspecified atom stereocenters. The lowest BCUT2D eigenvalue weighted by Gasteiger charge is -2.25. The molecular weight excluding hydrogens is 378 g/mol. The molecule has 5 heteroatoms. The highest BCUT2D eigenvalue weighted by molar-refractivity contribution is 7.20. The van der Waals surface area contributed by atoms with Gasteiger partial charge in [0.2, 0.25) is 5.13 Å². The van der Waals surface area contributed by atoms with Gasteiger partial charge in [0.1, 0.15) is 0 Å². The monoisotopic (exact) mass is 401 g/mol. The molecule has 0 N–H and O–H groups in total. The number of aryl methyl sites for hydroxylation is 1. The first-order valence-electron chi connectivity index (χ1n) is 10.3. The quantitative estimate of drug-likeness (QED) is 0.375. The fourth-order valence-electron chi connectivity index (χ4n) is 4.34. The molecule has 0 fully saturated rings. The first-order valence-corrected chi connectivity index (χ1v) is 11.1. The van der Waals surface area contributed by atoms with Crippen molar-refractivity contribution in [1.29, 1.82) is 0 Å². The number of Topliss-reactive ketones (excluding diaryl/α,β-unsaturated/α-hetero) is 1. The standard InChI is InChI=1S/C24H23N3OS/c28-22(13-6-10-18-9-5-8-17-7-1-2-11-20(17)18)19-15-25-27(16-19)24-26-21-12-3-4-14-23(21)29-24/h1-4,7,11-12,14-16,18H,5-6,8-10,13H2/t18-/m0/s1. The first-order chi connectivity index (χ1) is 14.3. The molecule has 146 valence electrons. The molecule has 29 heavy (non-hydrogen) atoms. The maximum Gasteiger partial charge on any atom is 0.211 e. The van der Waals surface area contributed by atoms with E-state index >= 15 is 0 Å². The lowest BCUT2D eigenvalue weighted by Crippen LogP contribution is -2.10. The third-order valence-electron chi connectivity index (χ3n) is 5.83. The minimum atomic E-state index is 0.168. The summed E-state index contributed by atoms with van der Waals surface area (Å²) < 4.78 is 2.84. The van der Waals surface area contributed by atoms with Crippen molar-refractivity contribution in [2.24, 2.45) is 0 Å². The Balaban J connectivity index is 1.22. The van der Waals surface area contributed by atoms with Gasteiger partial charge in [-0.1, -0.05) is 47.7 Å². The van der Waals surface area contributed by atoms with Gasteiger partial charge < -0.3 is 0 Å². The number of para-hydroxylation sites is 1. The molecule has 0 spiro atoms. The van der Waals surface area contributed by atoms with E-state index in [2.05, 4.69) is 40.4 Å². The number of fused-ring (bicyclic) bond motifs is 2. The van der Waals surface area contributed by atoms with Crippen LogP contribution >= 0.6 is 11.3 Å². The van der Waals surface area contributed by atoms with Gasteiger partial charge in [-0.2, -0.15) is 5.10 Å². The molecule has 0 bridgehead atoms. The lowest BCUT2D eigenvalue weighted by atomic mass is 9.80. The van der Waals surface area contributed by atoms with Gasteiger partial charge in [-0.15, -0.1) is 0 Å². The van der Waals surface area contributed by atoms with E-state index in [4.69, 9.17) is 0 Å². The van der Waals surface area contributed by atoms with E-state index in [1.54, 1.807) is 22.2 Å². The third-order valence-corrected chi connectivity index (χ3v) is 6.86. The van der Waals surface area contributed by atoms with E-state index < -0.39 is 0 Å². The predicted octanol–water partition coefficient (Wildman–Crippen LogP) is 5.96. The Hall–Kier alpha value is -2.79. The van der Waals surface area contributed by atoms with Crippen LogP contribution in [0.2, 0.25) is 0 Å². The molecule has 2 aromatic carbocycles. The summed E-state index contributed by atoms with van der Waals surface area (Å²) in [5, 5.41) is 5.17. The number of aromatic nitrogens is 3. The number of nitrogens with zero attached hydrogens (tertiary/aromatic N) is 3. The number of benzene rings is 2. The van der Waals surface area contributed by atoms with Crippen molar-refractivity contribution in [3.63, 3.8) is 0 Å². The Bertz CT molecular complexity index is 1130. The van der Waals surface area contributed by atoms with Crippen LogP contribution in [0.3, 0.4) is 0 Å². The van der Waals surface area contributed by atoms with Crippen molar-refractivity contribution in [2.75, 3.05) is 0 Å². The highest BCUT2D eigenvalue weighted by Crippen LogP contribution is 2.35. The Morgan fingerprint density at radius 3 is 2.93 bits per heavy atom. The average molecular weight is 402 g/mol. The maximum absolute atomic E-state index is 12.7. The van der Waals surface area contributed by atoms with Crippen molar-refractivity contribution in [2.45, 2.75) is 44.4 Å². The number of carbonyl (C=O) groups excluding carboxylic acids is 1. The summed E-state index contributed by atoms with van der Waals surface area (Å²) in [5.41, 5.74) is 4.62. The zero-order chi connectivity index (χ0) is 19.6.